The maximum Gasteiger partial charge on any atom is 0.243 e. The van der Waals surface area contributed by atoms with Crippen molar-refractivity contribution in [3.8, 4) is 17.3 Å². The molecule has 2 aliphatic rings. The Morgan fingerprint density at radius 3 is 2.73 bits per heavy atom. The summed E-state index contributed by atoms with van der Waals surface area (Å²) in [5.41, 5.74) is 3.20. The Labute approximate surface area is 177 Å². The van der Waals surface area contributed by atoms with Crippen LogP contribution in [-0.4, -0.2) is 61.0 Å². The van der Waals surface area contributed by atoms with Crippen LogP contribution in [0.25, 0.3) is 11.3 Å². The van der Waals surface area contributed by atoms with Crippen molar-refractivity contribution in [2.45, 2.75) is 19.4 Å². The zero-order valence-corrected chi connectivity index (χ0v) is 17.6. The topological polar surface area (TPSA) is 89.2 Å². The lowest BCUT2D eigenvalue weighted by Crippen LogP contribution is -2.44. The van der Waals surface area contributed by atoms with Crippen LogP contribution in [0.3, 0.4) is 0 Å². The number of rotatable bonds is 5. The smallest absolute Gasteiger partial charge is 0.243 e. The lowest BCUT2D eigenvalue weighted by atomic mass is 10.1. The number of nitrogens with one attached hydrogen (secondary N) is 2. The molecule has 158 valence electrons. The molecule has 1 aromatic carbocycles. The molecular weight excluding hydrogens is 378 g/mol. The molecule has 4 rings (SSSR count). The van der Waals surface area contributed by atoms with E-state index in [9.17, 15) is 4.79 Å². The van der Waals surface area contributed by atoms with Gasteiger partial charge in [0.05, 0.1) is 11.8 Å². The van der Waals surface area contributed by atoms with Gasteiger partial charge < -0.3 is 20.4 Å². The van der Waals surface area contributed by atoms with Gasteiger partial charge in [-0.3, -0.25) is 9.48 Å². The van der Waals surface area contributed by atoms with Crippen LogP contribution in [0.4, 0.5) is 11.5 Å². The van der Waals surface area contributed by atoms with Crippen molar-refractivity contribution in [1.82, 2.24) is 20.4 Å². The highest BCUT2D eigenvalue weighted by Crippen LogP contribution is 2.32. The van der Waals surface area contributed by atoms with E-state index in [0.717, 1.165) is 56.2 Å². The molecule has 2 atom stereocenters. The van der Waals surface area contributed by atoms with Crippen LogP contribution in [0, 0.1) is 17.2 Å². The lowest BCUT2D eigenvalue weighted by molar-refractivity contribution is -0.122. The number of nitrogens with zero attached hydrogens (tertiary/aromatic N) is 5. The molecule has 1 amide bonds. The van der Waals surface area contributed by atoms with Gasteiger partial charge in [-0.15, -0.1) is 0 Å². The van der Waals surface area contributed by atoms with Crippen LogP contribution in [0.15, 0.2) is 30.3 Å². The van der Waals surface area contributed by atoms with Crippen LogP contribution in [0.5, 0.6) is 0 Å². The van der Waals surface area contributed by atoms with E-state index in [-0.39, 0.29) is 18.5 Å². The first-order valence-electron chi connectivity index (χ1n) is 10.6. The van der Waals surface area contributed by atoms with Gasteiger partial charge in [0.2, 0.25) is 5.91 Å². The van der Waals surface area contributed by atoms with Gasteiger partial charge in [0, 0.05) is 57.1 Å². The van der Waals surface area contributed by atoms with E-state index in [1.165, 1.54) is 5.69 Å². The largest absolute Gasteiger partial charge is 0.369 e. The molecule has 0 radical (unpaired) electrons. The molecule has 0 spiro atoms. The summed E-state index contributed by atoms with van der Waals surface area (Å²) in [5.74, 6) is 1.24. The predicted molar refractivity (Wildman–Crippen MR) is 117 cm³/mol. The molecule has 0 saturated carbocycles. The number of carbonyl (C=O) groups is 1. The Kier molecular flexibility index (Phi) is 5.91. The van der Waals surface area contributed by atoms with E-state index < -0.39 is 0 Å². The van der Waals surface area contributed by atoms with Gasteiger partial charge in [0.1, 0.15) is 18.4 Å². The summed E-state index contributed by atoms with van der Waals surface area (Å²) in [6, 6.07) is 12.3. The van der Waals surface area contributed by atoms with Gasteiger partial charge in [-0.1, -0.05) is 19.1 Å². The first-order chi connectivity index (χ1) is 14.6. The predicted octanol–water partition coefficient (Wildman–Crippen LogP) is 1.35. The fourth-order valence-electron chi connectivity index (χ4n) is 4.43. The number of aromatic nitrogens is 2. The van der Waals surface area contributed by atoms with Crippen molar-refractivity contribution < 1.29 is 4.79 Å². The average Bonchev–Trinajstić information content (AvgIpc) is 3.35. The molecule has 0 aliphatic carbocycles. The molecule has 2 aliphatic heterocycles. The van der Waals surface area contributed by atoms with E-state index in [2.05, 4.69) is 57.7 Å². The highest BCUT2D eigenvalue weighted by atomic mass is 16.2. The fourth-order valence-corrected chi connectivity index (χ4v) is 4.43. The first kappa shape index (κ1) is 20.2. The zero-order chi connectivity index (χ0) is 21.1. The average molecular weight is 408 g/mol. The maximum absolute atomic E-state index is 12.6. The molecule has 2 aromatic rings. The Morgan fingerprint density at radius 2 is 2.03 bits per heavy atom. The summed E-state index contributed by atoms with van der Waals surface area (Å²) in [7, 11) is 1.92. The monoisotopic (exact) mass is 407 g/mol. The van der Waals surface area contributed by atoms with Gasteiger partial charge in [0.25, 0.3) is 0 Å². The Bertz CT molecular complexity index is 924. The zero-order valence-electron chi connectivity index (χ0n) is 17.6. The van der Waals surface area contributed by atoms with E-state index >= 15 is 0 Å². The van der Waals surface area contributed by atoms with Crippen molar-refractivity contribution in [3.63, 3.8) is 0 Å². The van der Waals surface area contributed by atoms with Crippen molar-refractivity contribution in [2.24, 2.45) is 13.0 Å². The minimum Gasteiger partial charge on any atom is -0.369 e. The molecule has 8 heteroatoms. The maximum atomic E-state index is 12.6. The van der Waals surface area contributed by atoms with Crippen molar-refractivity contribution >= 4 is 17.4 Å². The van der Waals surface area contributed by atoms with Crippen LogP contribution in [-0.2, 0) is 11.8 Å². The van der Waals surface area contributed by atoms with Gasteiger partial charge in [-0.25, -0.2) is 0 Å². The van der Waals surface area contributed by atoms with Crippen LogP contribution >= 0.6 is 0 Å². The number of benzene rings is 1. The summed E-state index contributed by atoms with van der Waals surface area (Å²) in [4.78, 5) is 17.1. The third-order valence-electron chi connectivity index (χ3n) is 5.95. The fraction of sp³-hybridized carbons (Fsp3) is 0.500. The van der Waals surface area contributed by atoms with E-state index in [1.54, 1.807) is 0 Å². The van der Waals surface area contributed by atoms with E-state index in [4.69, 9.17) is 10.4 Å². The molecule has 3 heterocycles. The van der Waals surface area contributed by atoms with Gasteiger partial charge in [-0.05, 0) is 24.5 Å². The molecule has 0 unspecified atom stereocenters. The van der Waals surface area contributed by atoms with Crippen molar-refractivity contribution in [2.75, 3.05) is 49.1 Å². The minimum absolute atomic E-state index is 0.0353. The number of hydrogen-bond donors (Lipinski definition) is 2. The van der Waals surface area contributed by atoms with E-state index in [0.29, 0.717) is 5.92 Å². The van der Waals surface area contributed by atoms with Crippen molar-refractivity contribution in [3.05, 3.63) is 30.3 Å². The Balaban J connectivity index is 1.54. The number of anilines is 2. The SMILES string of the molecule is C[C@H]1C[C@@H](C(=O)NCC#N)N(c2cc(-c3ccc(N4CCNCC4)cc3)nn2C)C1. The molecule has 2 fully saturated rings. The van der Waals surface area contributed by atoms with Gasteiger partial charge >= 0.3 is 0 Å². The minimum atomic E-state index is -0.272. The number of aryl methyl sites for hydroxylation is 1. The summed E-state index contributed by atoms with van der Waals surface area (Å²) in [5, 5.41) is 19.6. The third kappa shape index (κ3) is 4.12. The number of hydrogen-bond acceptors (Lipinski definition) is 6. The third-order valence-corrected chi connectivity index (χ3v) is 5.95. The van der Waals surface area contributed by atoms with Crippen LogP contribution in [0.2, 0.25) is 0 Å². The molecule has 2 saturated heterocycles. The summed E-state index contributed by atoms with van der Waals surface area (Å²) in [6.45, 7) is 7.06. The van der Waals surface area contributed by atoms with Crippen LogP contribution in [0.1, 0.15) is 13.3 Å². The highest BCUT2D eigenvalue weighted by molar-refractivity contribution is 5.86. The lowest BCUT2D eigenvalue weighted by Gasteiger charge is -2.29. The molecule has 8 nitrogen and oxygen atoms in total. The summed E-state index contributed by atoms with van der Waals surface area (Å²) >= 11 is 0. The number of amides is 1. The highest BCUT2D eigenvalue weighted by Gasteiger charge is 2.36. The van der Waals surface area contributed by atoms with Crippen molar-refractivity contribution in [1.29, 1.82) is 5.26 Å². The number of piperazine rings is 1. The second-order valence-electron chi connectivity index (χ2n) is 8.18. The van der Waals surface area contributed by atoms with Gasteiger partial charge in [0.15, 0.2) is 0 Å². The Morgan fingerprint density at radius 1 is 1.30 bits per heavy atom. The number of nitriles is 1. The molecule has 2 N–H and O–H groups in total. The van der Waals surface area contributed by atoms with E-state index in [1.807, 2.05) is 17.8 Å². The normalized spacial score (nSPS) is 21.5. The Hall–Kier alpha value is -3.05. The first-order valence-corrected chi connectivity index (χ1v) is 10.6. The van der Waals surface area contributed by atoms with Crippen LogP contribution < -0.4 is 20.4 Å². The summed E-state index contributed by atoms with van der Waals surface area (Å²) < 4.78 is 1.85. The number of carbonyl (C=O) groups excluding carboxylic acids is 1. The standard InChI is InChI=1S/C22H29N7O/c1-16-13-20(22(30)25-8-7-23)29(15-16)21-14-19(26-27(21)2)17-3-5-18(6-4-17)28-11-9-24-10-12-28/h3-6,14,16,20,24H,8-13,15H2,1-2H3,(H,25,30)/t16-,20-/m0/s1. The quantitative estimate of drug-likeness (QED) is 0.728. The van der Waals surface area contributed by atoms with Gasteiger partial charge in [-0.2, -0.15) is 10.4 Å². The second kappa shape index (κ2) is 8.76. The molecule has 0 bridgehead atoms. The molecular formula is C22H29N7O. The summed E-state index contributed by atoms with van der Waals surface area (Å²) in [6.07, 6.45) is 0.775. The molecule has 30 heavy (non-hydrogen) atoms. The second-order valence-corrected chi connectivity index (χ2v) is 8.18. The molecule has 1 aromatic heterocycles.